The summed E-state index contributed by atoms with van der Waals surface area (Å²) in [4.78, 5) is 0.963. The average molecular weight is 489 g/mol. The van der Waals surface area contributed by atoms with Crippen LogP contribution in [-0.4, -0.2) is 8.42 Å². The second-order valence-corrected chi connectivity index (χ2v) is 11.7. The van der Waals surface area contributed by atoms with E-state index in [0.717, 1.165) is 5.56 Å². The summed E-state index contributed by atoms with van der Waals surface area (Å²) in [6, 6.07) is 21.8. The number of hydrogen-bond donors (Lipinski definition) is 0. The summed E-state index contributed by atoms with van der Waals surface area (Å²) in [7, 11) is -7.44. The van der Waals surface area contributed by atoms with Gasteiger partial charge < -0.3 is 0 Å². The molecule has 0 aromatic heterocycles. The van der Waals surface area contributed by atoms with E-state index in [1.54, 1.807) is 12.1 Å². The highest BCUT2D eigenvalue weighted by Crippen LogP contribution is 2.70. The molecule has 0 N–H and O–H groups in total. The van der Waals surface area contributed by atoms with E-state index < -0.39 is 37.9 Å². The second kappa shape index (κ2) is 9.05. The standard InChI is InChI=1S/C25H19F3O3S2/c1-18-2-10-25(11-3-18)33(29,30)31-32(22-12-4-19(26)5-13-22,23-14-6-20(27)7-15-23)24-16-8-21(28)9-17-24/h2-17H,1H3. The predicted molar refractivity (Wildman–Crippen MR) is 121 cm³/mol. The minimum absolute atomic E-state index is 0.0729. The van der Waals surface area contributed by atoms with Gasteiger partial charge in [0.2, 0.25) is 0 Å². The Hall–Kier alpha value is -3.07. The fraction of sp³-hybridized carbons (Fsp3) is 0.0400. The van der Waals surface area contributed by atoms with Crippen molar-refractivity contribution < 1.29 is 25.2 Å². The lowest BCUT2D eigenvalue weighted by molar-refractivity contribution is 0.508. The predicted octanol–water partition coefficient (Wildman–Crippen LogP) is 7.01. The monoisotopic (exact) mass is 488 g/mol. The highest BCUT2D eigenvalue weighted by Gasteiger charge is 2.38. The minimum atomic E-state index is -4.35. The van der Waals surface area contributed by atoms with Gasteiger partial charge in [-0.15, -0.1) is 0 Å². The molecule has 4 aromatic rings. The molecule has 0 saturated carbocycles. The Bertz CT molecular complexity index is 1240. The summed E-state index contributed by atoms with van der Waals surface area (Å²) in [6.07, 6.45) is 0. The van der Waals surface area contributed by atoms with Crippen molar-refractivity contribution in [1.29, 1.82) is 0 Å². The number of hydrogen-bond acceptors (Lipinski definition) is 3. The molecule has 170 valence electrons. The zero-order valence-electron chi connectivity index (χ0n) is 17.4. The van der Waals surface area contributed by atoms with E-state index >= 15 is 0 Å². The van der Waals surface area contributed by atoms with Crippen molar-refractivity contribution in [2.75, 3.05) is 0 Å². The maximum absolute atomic E-state index is 13.8. The van der Waals surface area contributed by atoms with Crippen LogP contribution in [0.1, 0.15) is 5.56 Å². The maximum atomic E-state index is 13.8. The Morgan fingerprint density at radius 3 is 1.15 bits per heavy atom. The Balaban J connectivity index is 2.02. The summed E-state index contributed by atoms with van der Waals surface area (Å²) >= 11 is 0. The van der Waals surface area contributed by atoms with Crippen molar-refractivity contribution in [2.24, 2.45) is 0 Å². The van der Waals surface area contributed by atoms with Crippen LogP contribution in [-0.2, 0) is 13.7 Å². The zero-order valence-corrected chi connectivity index (χ0v) is 19.0. The van der Waals surface area contributed by atoms with Gasteiger partial charge in [-0.25, -0.2) is 16.8 Å². The Labute approximate surface area is 192 Å². The van der Waals surface area contributed by atoms with Gasteiger partial charge in [0, 0.05) is 14.7 Å². The Morgan fingerprint density at radius 1 is 0.515 bits per heavy atom. The van der Waals surface area contributed by atoms with Crippen LogP contribution in [0.4, 0.5) is 13.2 Å². The lowest BCUT2D eigenvalue weighted by Crippen LogP contribution is -2.14. The molecule has 0 aliphatic carbocycles. The van der Waals surface area contributed by atoms with Crippen LogP contribution in [0.5, 0.6) is 0 Å². The van der Waals surface area contributed by atoms with Gasteiger partial charge in [-0.2, -0.15) is 8.42 Å². The first kappa shape index (κ1) is 23.1. The van der Waals surface area contributed by atoms with Gasteiger partial charge in [-0.1, -0.05) is 17.7 Å². The zero-order chi connectivity index (χ0) is 23.6. The van der Waals surface area contributed by atoms with Crippen LogP contribution < -0.4 is 0 Å². The lowest BCUT2D eigenvalue weighted by Gasteiger charge is -2.39. The fourth-order valence-corrected chi connectivity index (χ4v) is 8.46. The van der Waals surface area contributed by atoms with Gasteiger partial charge >= 0.3 is 10.1 Å². The Morgan fingerprint density at radius 2 is 0.818 bits per heavy atom. The largest absolute Gasteiger partial charge is 0.307 e. The van der Waals surface area contributed by atoms with Crippen LogP contribution in [0.15, 0.2) is 117 Å². The molecule has 0 unspecified atom stereocenters. The first-order valence-electron chi connectivity index (χ1n) is 9.84. The number of benzene rings is 4. The molecule has 0 aliphatic heterocycles. The first-order chi connectivity index (χ1) is 15.7. The number of rotatable bonds is 6. The molecule has 0 heterocycles. The van der Waals surface area contributed by atoms with Crippen molar-refractivity contribution >= 4 is 20.4 Å². The quantitative estimate of drug-likeness (QED) is 0.293. The van der Waals surface area contributed by atoms with Crippen LogP contribution >= 0.6 is 10.3 Å². The van der Waals surface area contributed by atoms with Crippen LogP contribution in [0.25, 0.3) is 0 Å². The third-order valence-electron chi connectivity index (χ3n) is 4.94. The molecule has 0 atom stereocenters. The lowest BCUT2D eigenvalue weighted by atomic mass is 10.2. The molecule has 0 saturated heterocycles. The van der Waals surface area contributed by atoms with E-state index in [4.69, 9.17) is 3.63 Å². The average Bonchev–Trinajstić information content (AvgIpc) is 2.79. The topological polar surface area (TPSA) is 43.4 Å². The summed E-state index contributed by atoms with van der Waals surface area (Å²) in [5.74, 6) is -1.56. The molecular weight excluding hydrogens is 469 g/mol. The maximum Gasteiger partial charge on any atom is 0.307 e. The van der Waals surface area contributed by atoms with Gasteiger partial charge in [-0.05, 0) is 102 Å². The molecule has 0 amide bonds. The molecular formula is C25H19F3O3S2. The number of aryl methyl sites for hydroxylation is 1. The highest BCUT2D eigenvalue weighted by atomic mass is 32.3. The summed E-state index contributed by atoms with van der Waals surface area (Å²) in [5.41, 5.74) is 0.864. The third-order valence-corrected chi connectivity index (χ3v) is 10.1. The highest BCUT2D eigenvalue weighted by molar-refractivity contribution is 8.33. The molecule has 0 spiro atoms. The first-order valence-corrected chi connectivity index (χ1v) is 12.8. The second-order valence-electron chi connectivity index (χ2n) is 7.25. The van der Waals surface area contributed by atoms with Crippen molar-refractivity contribution in [3.8, 4) is 0 Å². The molecule has 3 nitrogen and oxygen atoms in total. The van der Waals surface area contributed by atoms with Crippen LogP contribution in [0, 0.1) is 24.4 Å². The summed E-state index contributed by atoms with van der Waals surface area (Å²) in [5, 5.41) is 0. The van der Waals surface area contributed by atoms with Crippen molar-refractivity contribution in [2.45, 2.75) is 26.5 Å². The molecule has 0 radical (unpaired) electrons. The van der Waals surface area contributed by atoms with E-state index in [1.807, 2.05) is 6.92 Å². The van der Waals surface area contributed by atoms with Gasteiger partial charge in [0.15, 0.2) is 0 Å². The van der Waals surface area contributed by atoms with Gasteiger partial charge in [-0.3, -0.25) is 0 Å². The van der Waals surface area contributed by atoms with Crippen molar-refractivity contribution in [3.63, 3.8) is 0 Å². The number of halogens is 3. The van der Waals surface area contributed by atoms with Crippen molar-refractivity contribution in [1.82, 2.24) is 0 Å². The fourth-order valence-electron chi connectivity index (χ4n) is 3.28. The molecule has 4 aromatic carbocycles. The molecule has 33 heavy (non-hydrogen) atoms. The minimum Gasteiger partial charge on any atom is -0.207 e. The van der Waals surface area contributed by atoms with Gasteiger partial charge in [0.25, 0.3) is 0 Å². The van der Waals surface area contributed by atoms with E-state index in [-0.39, 0.29) is 4.90 Å². The molecule has 0 bridgehead atoms. The smallest absolute Gasteiger partial charge is 0.207 e. The van der Waals surface area contributed by atoms with Crippen molar-refractivity contribution in [3.05, 3.63) is 120 Å². The van der Waals surface area contributed by atoms with Crippen LogP contribution in [0.3, 0.4) is 0 Å². The van der Waals surface area contributed by atoms with E-state index in [9.17, 15) is 21.6 Å². The van der Waals surface area contributed by atoms with E-state index in [2.05, 4.69) is 0 Å². The van der Waals surface area contributed by atoms with Gasteiger partial charge in [0.05, 0.1) is 4.90 Å². The normalized spacial score (nSPS) is 12.5. The SMILES string of the molecule is Cc1ccc(S(=O)(=O)OS(c2ccc(F)cc2)(c2ccc(F)cc2)c2ccc(F)cc2)cc1. The molecule has 4 rings (SSSR count). The summed E-state index contributed by atoms with van der Waals surface area (Å²) < 4.78 is 74.3. The van der Waals surface area contributed by atoms with E-state index in [0.29, 0.717) is 14.7 Å². The molecule has 0 fully saturated rings. The van der Waals surface area contributed by atoms with Crippen LogP contribution in [0.2, 0.25) is 0 Å². The molecule has 8 heteroatoms. The molecule has 0 aliphatic rings. The third kappa shape index (κ3) is 4.68. The summed E-state index contributed by atoms with van der Waals surface area (Å²) in [6.45, 7) is 1.82. The van der Waals surface area contributed by atoms with E-state index in [1.165, 1.54) is 84.9 Å². The van der Waals surface area contributed by atoms with Gasteiger partial charge in [0.1, 0.15) is 17.5 Å². The Kier molecular flexibility index (Phi) is 6.34.